The number of anilines is 1. The summed E-state index contributed by atoms with van der Waals surface area (Å²) >= 11 is 0. The summed E-state index contributed by atoms with van der Waals surface area (Å²) in [5.74, 6) is 0.634. The number of benzene rings is 1. The first-order chi connectivity index (χ1) is 10.9. The van der Waals surface area contributed by atoms with Crippen molar-refractivity contribution in [2.45, 2.75) is 27.2 Å². The molecule has 1 N–H and O–H groups in total. The number of rotatable bonds is 4. The Morgan fingerprint density at radius 2 is 2.26 bits per heavy atom. The molecule has 0 radical (unpaired) electrons. The molecule has 122 valence electrons. The lowest BCUT2D eigenvalue weighted by Crippen LogP contribution is -2.31. The molecule has 6 nitrogen and oxygen atoms in total. The molecular formula is C17H21N3O3. The minimum atomic E-state index is -0.295. The van der Waals surface area contributed by atoms with Gasteiger partial charge in [0, 0.05) is 32.1 Å². The number of carbonyl (C=O) groups excluding carboxylic acids is 2. The molecule has 0 bridgehead atoms. The van der Waals surface area contributed by atoms with Gasteiger partial charge in [0.1, 0.15) is 5.52 Å². The van der Waals surface area contributed by atoms with Gasteiger partial charge in [-0.2, -0.15) is 0 Å². The Morgan fingerprint density at radius 3 is 3.00 bits per heavy atom. The van der Waals surface area contributed by atoms with E-state index in [1.807, 2.05) is 0 Å². The molecule has 1 aromatic heterocycles. The van der Waals surface area contributed by atoms with Crippen molar-refractivity contribution in [2.24, 2.45) is 11.8 Å². The third-order valence-corrected chi connectivity index (χ3v) is 3.93. The van der Waals surface area contributed by atoms with Crippen molar-refractivity contribution in [3.05, 3.63) is 24.1 Å². The maximum Gasteiger partial charge on any atom is 0.229 e. The number of carbonyl (C=O) groups is 2. The number of fused-ring (bicyclic) bond motifs is 1. The molecule has 1 saturated heterocycles. The molecule has 0 spiro atoms. The monoisotopic (exact) mass is 315 g/mol. The van der Waals surface area contributed by atoms with E-state index in [1.54, 1.807) is 30.0 Å². The molecule has 1 atom stereocenters. The van der Waals surface area contributed by atoms with E-state index in [-0.39, 0.29) is 24.2 Å². The van der Waals surface area contributed by atoms with E-state index in [1.165, 1.54) is 0 Å². The average Bonchev–Trinajstić information content (AvgIpc) is 3.00. The molecule has 1 aromatic carbocycles. The zero-order valence-corrected chi connectivity index (χ0v) is 13.6. The number of likely N-dealkylation sites (tertiary alicyclic amines) is 1. The second-order valence-corrected chi connectivity index (χ2v) is 6.50. The Kier molecular flexibility index (Phi) is 4.07. The van der Waals surface area contributed by atoms with E-state index in [0.29, 0.717) is 41.7 Å². The van der Waals surface area contributed by atoms with Crippen LogP contribution < -0.4 is 5.32 Å². The summed E-state index contributed by atoms with van der Waals surface area (Å²) in [6.07, 6.45) is 0.282. The largest absolute Gasteiger partial charge is 0.441 e. The number of aromatic nitrogens is 1. The quantitative estimate of drug-likeness (QED) is 0.941. The summed E-state index contributed by atoms with van der Waals surface area (Å²) in [5.41, 5.74) is 2.08. The van der Waals surface area contributed by atoms with Crippen LogP contribution in [0.2, 0.25) is 0 Å². The molecule has 1 unspecified atom stereocenters. The summed E-state index contributed by atoms with van der Waals surface area (Å²) in [6.45, 7) is 7.11. The van der Waals surface area contributed by atoms with Crippen molar-refractivity contribution in [2.75, 3.05) is 18.4 Å². The maximum atomic E-state index is 12.4. The van der Waals surface area contributed by atoms with Gasteiger partial charge in [0.15, 0.2) is 11.5 Å². The average molecular weight is 315 g/mol. The summed E-state index contributed by atoms with van der Waals surface area (Å²) in [4.78, 5) is 30.4. The van der Waals surface area contributed by atoms with Gasteiger partial charge in [-0.15, -0.1) is 0 Å². The molecule has 6 heteroatoms. The number of nitrogens with zero attached hydrogens (tertiary/aromatic N) is 2. The van der Waals surface area contributed by atoms with E-state index in [4.69, 9.17) is 4.42 Å². The highest BCUT2D eigenvalue weighted by molar-refractivity contribution is 5.98. The molecule has 2 amide bonds. The van der Waals surface area contributed by atoms with Gasteiger partial charge in [0.25, 0.3) is 0 Å². The topological polar surface area (TPSA) is 75.4 Å². The van der Waals surface area contributed by atoms with E-state index in [9.17, 15) is 9.59 Å². The second-order valence-electron chi connectivity index (χ2n) is 6.50. The second kappa shape index (κ2) is 6.02. The number of oxazole rings is 1. The van der Waals surface area contributed by atoms with Crippen molar-refractivity contribution >= 4 is 28.6 Å². The fraction of sp³-hybridized carbons (Fsp3) is 0.471. The molecule has 1 aliphatic rings. The summed E-state index contributed by atoms with van der Waals surface area (Å²) in [7, 11) is 0. The van der Waals surface area contributed by atoms with Gasteiger partial charge in [-0.05, 0) is 24.1 Å². The van der Waals surface area contributed by atoms with Crippen LogP contribution in [0.3, 0.4) is 0 Å². The Morgan fingerprint density at radius 1 is 1.48 bits per heavy atom. The Hall–Kier alpha value is -2.37. The first kappa shape index (κ1) is 15.5. The molecule has 0 aliphatic carbocycles. The van der Waals surface area contributed by atoms with Crippen LogP contribution in [-0.4, -0.2) is 34.8 Å². The van der Waals surface area contributed by atoms with Crippen LogP contribution in [0.25, 0.3) is 11.1 Å². The lowest BCUT2D eigenvalue weighted by atomic mass is 10.1. The molecule has 1 fully saturated rings. The highest BCUT2D eigenvalue weighted by atomic mass is 16.3. The molecule has 23 heavy (non-hydrogen) atoms. The minimum Gasteiger partial charge on any atom is -0.441 e. The smallest absolute Gasteiger partial charge is 0.229 e. The van der Waals surface area contributed by atoms with Gasteiger partial charge < -0.3 is 14.6 Å². The van der Waals surface area contributed by atoms with Crippen LogP contribution >= 0.6 is 0 Å². The zero-order chi connectivity index (χ0) is 16.6. The minimum absolute atomic E-state index is 0.0569. The highest BCUT2D eigenvalue weighted by Gasteiger charge is 2.34. The normalized spacial score (nSPS) is 18.2. The van der Waals surface area contributed by atoms with Crippen molar-refractivity contribution in [3.63, 3.8) is 0 Å². The number of nitrogens with one attached hydrogen (secondary N) is 1. The Labute approximate surface area is 134 Å². The van der Waals surface area contributed by atoms with Gasteiger partial charge in [0.2, 0.25) is 11.8 Å². The van der Waals surface area contributed by atoms with Crippen LogP contribution in [0.15, 0.2) is 22.6 Å². The predicted molar refractivity (Wildman–Crippen MR) is 86.9 cm³/mol. The molecule has 3 rings (SSSR count). The van der Waals surface area contributed by atoms with Crippen LogP contribution in [0.4, 0.5) is 5.69 Å². The van der Waals surface area contributed by atoms with Crippen molar-refractivity contribution in [1.82, 2.24) is 9.88 Å². The predicted octanol–water partition coefficient (Wildman–Crippen LogP) is 2.58. The van der Waals surface area contributed by atoms with Gasteiger partial charge in [-0.1, -0.05) is 13.8 Å². The number of aryl methyl sites for hydroxylation is 1. The van der Waals surface area contributed by atoms with Gasteiger partial charge in [-0.25, -0.2) is 4.98 Å². The molecule has 2 aromatic rings. The Balaban J connectivity index is 1.67. The van der Waals surface area contributed by atoms with E-state index in [2.05, 4.69) is 24.1 Å². The van der Waals surface area contributed by atoms with Crippen LogP contribution in [0, 0.1) is 18.8 Å². The molecule has 2 heterocycles. The zero-order valence-electron chi connectivity index (χ0n) is 13.6. The standard InChI is InChI=1S/C17H21N3O3/c1-10(2)8-20-9-12(6-16(20)21)17(22)19-13-4-5-15-14(7-13)18-11(3)23-15/h4-5,7,10,12H,6,8-9H2,1-3H3,(H,19,22). The third kappa shape index (κ3) is 3.36. The van der Waals surface area contributed by atoms with Gasteiger partial charge >= 0.3 is 0 Å². The van der Waals surface area contributed by atoms with E-state index in [0.717, 1.165) is 0 Å². The maximum absolute atomic E-state index is 12.4. The van der Waals surface area contributed by atoms with E-state index < -0.39 is 0 Å². The summed E-state index contributed by atoms with van der Waals surface area (Å²) < 4.78 is 5.42. The van der Waals surface area contributed by atoms with Crippen LogP contribution in [0.5, 0.6) is 0 Å². The number of hydrogen-bond donors (Lipinski definition) is 1. The van der Waals surface area contributed by atoms with Gasteiger partial charge in [0.05, 0.1) is 5.92 Å². The summed E-state index contributed by atoms with van der Waals surface area (Å²) in [6, 6.07) is 5.36. The summed E-state index contributed by atoms with van der Waals surface area (Å²) in [5, 5.41) is 2.88. The van der Waals surface area contributed by atoms with Crippen LogP contribution in [-0.2, 0) is 9.59 Å². The van der Waals surface area contributed by atoms with Crippen LogP contribution in [0.1, 0.15) is 26.2 Å². The fourth-order valence-corrected chi connectivity index (χ4v) is 2.93. The Bertz CT molecular complexity index is 751. The van der Waals surface area contributed by atoms with Crippen molar-refractivity contribution in [1.29, 1.82) is 0 Å². The van der Waals surface area contributed by atoms with Crippen molar-refractivity contribution in [3.8, 4) is 0 Å². The first-order valence-corrected chi connectivity index (χ1v) is 7.88. The number of hydrogen-bond acceptors (Lipinski definition) is 4. The molecule has 0 saturated carbocycles. The SMILES string of the molecule is Cc1nc2cc(NC(=O)C3CC(=O)N(CC(C)C)C3)ccc2o1. The van der Waals surface area contributed by atoms with E-state index >= 15 is 0 Å². The molecular weight excluding hydrogens is 294 g/mol. The highest BCUT2D eigenvalue weighted by Crippen LogP contribution is 2.23. The number of amides is 2. The van der Waals surface area contributed by atoms with Gasteiger partial charge in [-0.3, -0.25) is 9.59 Å². The lowest BCUT2D eigenvalue weighted by Gasteiger charge is -2.18. The third-order valence-electron chi connectivity index (χ3n) is 3.93. The molecule has 1 aliphatic heterocycles. The van der Waals surface area contributed by atoms with Crippen molar-refractivity contribution < 1.29 is 14.0 Å². The fourth-order valence-electron chi connectivity index (χ4n) is 2.93. The first-order valence-electron chi connectivity index (χ1n) is 7.88. The lowest BCUT2D eigenvalue weighted by molar-refractivity contribution is -0.128.